The predicted octanol–water partition coefficient (Wildman–Crippen LogP) is 1.74. The third-order valence-electron chi connectivity index (χ3n) is 3.51. The van der Waals surface area contributed by atoms with Crippen molar-refractivity contribution < 1.29 is 18.3 Å². The summed E-state index contributed by atoms with van der Waals surface area (Å²) in [5.41, 5.74) is 0.180. The van der Waals surface area contributed by atoms with Gasteiger partial charge in [-0.15, -0.1) is 0 Å². The fraction of sp³-hybridized carbons (Fsp3) is 0.385. The molecule has 1 fully saturated rings. The molecule has 1 aromatic rings. The first-order valence-electron chi connectivity index (χ1n) is 6.30. The van der Waals surface area contributed by atoms with Crippen LogP contribution >= 0.6 is 11.6 Å². The van der Waals surface area contributed by atoms with E-state index in [2.05, 4.69) is 4.72 Å². The number of nitrogens with zero attached hydrogens (tertiary/aromatic N) is 1. The largest absolute Gasteiger partial charge is 0.481 e. The Balaban J connectivity index is 2.25. The number of rotatable bonds is 4. The molecule has 1 saturated carbocycles. The molecule has 0 amide bonds. The van der Waals surface area contributed by atoms with Gasteiger partial charge in [-0.3, -0.25) is 4.79 Å². The molecule has 2 rings (SSSR count). The van der Waals surface area contributed by atoms with Gasteiger partial charge in [-0.2, -0.15) is 5.26 Å². The number of benzene rings is 1. The van der Waals surface area contributed by atoms with Crippen LogP contribution in [0.5, 0.6) is 0 Å². The summed E-state index contributed by atoms with van der Waals surface area (Å²) < 4.78 is 26.9. The normalized spacial score (nSPS) is 21.9. The number of hydrogen-bond donors (Lipinski definition) is 2. The molecule has 2 N–H and O–H groups in total. The van der Waals surface area contributed by atoms with Gasteiger partial charge in [0.2, 0.25) is 10.0 Å². The number of sulfonamides is 1. The summed E-state index contributed by atoms with van der Waals surface area (Å²) in [4.78, 5) is 11.0. The van der Waals surface area contributed by atoms with E-state index in [1.807, 2.05) is 6.07 Å². The van der Waals surface area contributed by atoms with E-state index in [1.54, 1.807) is 0 Å². The summed E-state index contributed by atoms with van der Waals surface area (Å²) in [7, 11) is -3.86. The molecule has 2 unspecified atom stereocenters. The summed E-state index contributed by atoms with van der Waals surface area (Å²) in [5, 5.41) is 17.9. The van der Waals surface area contributed by atoms with Crippen molar-refractivity contribution in [2.75, 3.05) is 0 Å². The van der Waals surface area contributed by atoms with Crippen LogP contribution in [0.15, 0.2) is 23.1 Å². The summed E-state index contributed by atoms with van der Waals surface area (Å²) in [6.07, 6.45) is 1.61. The first-order valence-corrected chi connectivity index (χ1v) is 8.16. The number of carboxylic acid groups (broad SMARTS) is 1. The van der Waals surface area contributed by atoms with Crippen LogP contribution < -0.4 is 4.72 Å². The first-order chi connectivity index (χ1) is 9.85. The van der Waals surface area contributed by atoms with E-state index in [4.69, 9.17) is 22.0 Å². The molecule has 1 aliphatic rings. The van der Waals surface area contributed by atoms with E-state index < -0.39 is 28.0 Å². The molecule has 21 heavy (non-hydrogen) atoms. The Bertz CT molecular complexity index is 711. The minimum Gasteiger partial charge on any atom is -0.481 e. The van der Waals surface area contributed by atoms with Crippen molar-refractivity contribution in [1.29, 1.82) is 5.26 Å². The van der Waals surface area contributed by atoms with Crippen molar-refractivity contribution in [1.82, 2.24) is 4.72 Å². The van der Waals surface area contributed by atoms with Crippen LogP contribution in [0.25, 0.3) is 0 Å². The third-order valence-corrected chi connectivity index (χ3v) is 5.31. The molecule has 0 saturated heterocycles. The molecular weight excluding hydrogens is 316 g/mol. The molecule has 0 heterocycles. The first kappa shape index (κ1) is 15.8. The molecule has 1 aliphatic carbocycles. The maximum absolute atomic E-state index is 12.3. The average molecular weight is 329 g/mol. The zero-order chi connectivity index (χ0) is 15.6. The smallest absolute Gasteiger partial charge is 0.308 e. The van der Waals surface area contributed by atoms with E-state index in [9.17, 15) is 13.2 Å². The molecule has 6 nitrogen and oxygen atoms in total. The summed E-state index contributed by atoms with van der Waals surface area (Å²) in [5.74, 6) is -1.72. The lowest BCUT2D eigenvalue weighted by Gasteiger charge is -2.17. The van der Waals surface area contributed by atoms with Crippen molar-refractivity contribution in [3.05, 3.63) is 28.8 Å². The number of halogens is 1. The van der Waals surface area contributed by atoms with Crippen LogP contribution in [0.3, 0.4) is 0 Å². The Hall–Kier alpha value is -1.62. The molecule has 0 radical (unpaired) electrons. The maximum Gasteiger partial charge on any atom is 0.308 e. The summed E-state index contributed by atoms with van der Waals surface area (Å²) in [6.45, 7) is 0. The van der Waals surface area contributed by atoms with Crippen molar-refractivity contribution >= 4 is 27.6 Å². The fourth-order valence-electron chi connectivity index (χ4n) is 2.42. The second kappa shape index (κ2) is 6.02. The fourth-order valence-corrected chi connectivity index (χ4v) is 4.04. The SMILES string of the molecule is N#Cc1ccc(S(=O)(=O)NC2CCCC2C(=O)O)cc1Cl. The molecule has 0 aliphatic heterocycles. The van der Waals surface area contributed by atoms with E-state index in [0.29, 0.717) is 19.3 Å². The van der Waals surface area contributed by atoms with Gasteiger partial charge in [0.1, 0.15) is 6.07 Å². The second-order valence-corrected chi connectivity index (χ2v) is 6.98. The lowest BCUT2D eigenvalue weighted by atomic mass is 10.1. The topological polar surface area (TPSA) is 107 Å². The van der Waals surface area contributed by atoms with Gasteiger partial charge < -0.3 is 5.11 Å². The lowest BCUT2D eigenvalue weighted by Crippen LogP contribution is -2.40. The zero-order valence-corrected chi connectivity index (χ0v) is 12.5. The molecule has 1 aromatic carbocycles. The minimum atomic E-state index is -3.86. The Morgan fingerprint density at radius 1 is 1.43 bits per heavy atom. The number of hydrogen-bond acceptors (Lipinski definition) is 4. The second-order valence-electron chi connectivity index (χ2n) is 4.86. The molecule has 0 bridgehead atoms. The number of nitrogens with one attached hydrogen (secondary N) is 1. The quantitative estimate of drug-likeness (QED) is 0.875. The van der Waals surface area contributed by atoms with Gasteiger partial charge in [-0.05, 0) is 31.0 Å². The Morgan fingerprint density at radius 2 is 2.14 bits per heavy atom. The van der Waals surface area contributed by atoms with Crippen LogP contribution in [0.4, 0.5) is 0 Å². The molecule has 0 aromatic heterocycles. The molecule has 2 atom stereocenters. The third kappa shape index (κ3) is 3.35. The maximum atomic E-state index is 12.3. The Kier molecular flexibility index (Phi) is 4.52. The standard InChI is InChI=1S/C13H13ClN2O4S/c14-11-6-9(5-4-8(11)7-15)21(19,20)16-12-3-1-2-10(12)13(17)18/h4-6,10,12,16H,1-3H2,(H,17,18). The highest BCUT2D eigenvalue weighted by Crippen LogP contribution is 2.28. The van der Waals surface area contributed by atoms with Crippen molar-refractivity contribution in [3.8, 4) is 6.07 Å². The number of nitriles is 1. The Morgan fingerprint density at radius 3 is 2.71 bits per heavy atom. The minimum absolute atomic E-state index is 0.0431. The zero-order valence-electron chi connectivity index (χ0n) is 10.9. The molecule has 8 heteroatoms. The summed E-state index contributed by atoms with van der Waals surface area (Å²) >= 11 is 5.82. The van der Waals surface area contributed by atoms with Crippen molar-refractivity contribution in [2.24, 2.45) is 5.92 Å². The van der Waals surface area contributed by atoms with Crippen molar-refractivity contribution in [3.63, 3.8) is 0 Å². The van der Waals surface area contributed by atoms with Crippen LogP contribution in [0.1, 0.15) is 24.8 Å². The van der Waals surface area contributed by atoms with Crippen LogP contribution in [-0.2, 0) is 14.8 Å². The van der Waals surface area contributed by atoms with Gasteiger partial charge in [0.15, 0.2) is 0 Å². The van der Waals surface area contributed by atoms with Gasteiger partial charge in [0, 0.05) is 6.04 Å². The van der Waals surface area contributed by atoms with Gasteiger partial charge in [-0.25, -0.2) is 13.1 Å². The monoisotopic (exact) mass is 328 g/mol. The van der Waals surface area contributed by atoms with Crippen molar-refractivity contribution in [2.45, 2.75) is 30.2 Å². The van der Waals surface area contributed by atoms with Gasteiger partial charge >= 0.3 is 5.97 Å². The summed E-state index contributed by atoms with van der Waals surface area (Å²) in [6, 6.07) is 5.00. The van der Waals surface area contributed by atoms with E-state index in [1.165, 1.54) is 18.2 Å². The predicted molar refractivity (Wildman–Crippen MR) is 75.3 cm³/mol. The van der Waals surface area contributed by atoms with Gasteiger partial charge in [0.25, 0.3) is 0 Å². The molecule has 112 valence electrons. The highest BCUT2D eigenvalue weighted by Gasteiger charge is 2.35. The van der Waals surface area contributed by atoms with Crippen LogP contribution in [0, 0.1) is 17.2 Å². The van der Waals surface area contributed by atoms with E-state index >= 15 is 0 Å². The number of aliphatic carboxylic acids is 1. The Labute approximate surface area is 127 Å². The van der Waals surface area contributed by atoms with Gasteiger partial charge in [0.05, 0.1) is 21.4 Å². The average Bonchev–Trinajstić information content (AvgIpc) is 2.86. The van der Waals surface area contributed by atoms with Gasteiger partial charge in [-0.1, -0.05) is 18.0 Å². The number of carbonyl (C=O) groups is 1. The van der Waals surface area contributed by atoms with E-state index in [0.717, 1.165) is 0 Å². The lowest BCUT2D eigenvalue weighted by molar-refractivity contribution is -0.141. The number of carboxylic acids is 1. The molecule has 0 spiro atoms. The highest BCUT2D eigenvalue weighted by atomic mass is 35.5. The van der Waals surface area contributed by atoms with Crippen LogP contribution in [0.2, 0.25) is 5.02 Å². The van der Waals surface area contributed by atoms with Crippen LogP contribution in [-0.4, -0.2) is 25.5 Å². The van der Waals surface area contributed by atoms with E-state index in [-0.39, 0.29) is 15.5 Å². The molecular formula is C13H13ClN2O4S. The highest BCUT2D eigenvalue weighted by molar-refractivity contribution is 7.89.